The minimum Gasteiger partial charge on any atom is -0.330 e. The van der Waals surface area contributed by atoms with Crippen LogP contribution >= 0.6 is 0 Å². The molecule has 0 heterocycles. The molecule has 0 saturated carbocycles. The van der Waals surface area contributed by atoms with Crippen molar-refractivity contribution >= 4 is 10.1 Å². The molecule has 26 heavy (non-hydrogen) atoms. The smallest absolute Gasteiger partial charge is 0.264 e. The molecule has 0 bridgehead atoms. The maximum atomic E-state index is 10.6. The van der Waals surface area contributed by atoms with E-state index in [9.17, 15) is 8.42 Å². The Labute approximate surface area is 163 Å². The Morgan fingerprint density at radius 1 is 0.462 bits per heavy atom. The van der Waals surface area contributed by atoms with Crippen molar-refractivity contribution in [2.45, 2.75) is 122 Å². The van der Waals surface area contributed by atoms with Gasteiger partial charge in [0.1, 0.15) is 0 Å². The third-order valence-corrected chi connectivity index (χ3v) is 5.91. The highest BCUT2D eigenvalue weighted by molar-refractivity contribution is 7.85. The average molecular weight is 392 g/mol. The molecule has 0 amide bonds. The Balaban J connectivity index is 3.03. The topological polar surface area (TPSA) is 80.4 Å². The van der Waals surface area contributed by atoms with Crippen LogP contribution in [0.5, 0.6) is 0 Å². The van der Waals surface area contributed by atoms with Crippen molar-refractivity contribution in [1.82, 2.24) is 0 Å². The standard InChI is InChI=1S/C21H45NO3S/c22-20-18-16-14-12-10-8-6-4-2-1-3-5-7-9-11-13-15-17-19-21-26(23,24)25/h1-22H2,(H,23,24,25). The van der Waals surface area contributed by atoms with Crippen LogP contribution in [0.2, 0.25) is 0 Å². The lowest BCUT2D eigenvalue weighted by molar-refractivity contribution is 0.478. The van der Waals surface area contributed by atoms with Gasteiger partial charge in [0.05, 0.1) is 5.75 Å². The van der Waals surface area contributed by atoms with Gasteiger partial charge in [0.25, 0.3) is 10.1 Å². The van der Waals surface area contributed by atoms with Crippen LogP contribution in [0.25, 0.3) is 0 Å². The number of hydrogen-bond donors (Lipinski definition) is 2. The van der Waals surface area contributed by atoms with Gasteiger partial charge in [0.15, 0.2) is 0 Å². The zero-order valence-electron chi connectivity index (χ0n) is 17.1. The molecule has 5 heteroatoms. The van der Waals surface area contributed by atoms with E-state index in [4.69, 9.17) is 10.3 Å². The van der Waals surface area contributed by atoms with Crippen LogP contribution in [-0.4, -0.2) is 25.3 Å². The summed E-state index contributed by atoms with van der Waals surface area (Å²) in [5.41, 5.74) is 5.49. The van der Waals surface area contributed by atoms with Crippen LogP contribution in [0, 0.1) is 0 Å². The van der Waals surface area contributed by atoms with Gasteiger partial charge < -0.3 is 5.73 Å². The molecule has 0 radical (unpaired) electrons. The Morgan fingerprint density at radius 2 is 0.692 bits per heavy atom. The summed E-state index contributed by atoms with van der Waals surface area (Å²) in [6.45, 7) is 0.847. The molecule has 0 aliphatic heterocycles. The second kappa shape index (κ2) is 19.6. The molecule has 0 saturated heterocycles. The third kappa shape index (κ3) is 23.9. The van der Waals surface area contributed by atoms with Crippen molar-refractivity contribution in [2.24, 2.45) is 5.73 Å². The first-order valence-corrected chi connectivity index (χ1v) is 12.8. The molecule has 4 nitrogen and oxygen atoms in total. The van der Waals surface area contributed by atoms with Gasteiger partial charge >= 0.3 is 0 Å². The van der Waals surface area contributed by atoms with E-state index in [-0.39, 0.29) is 5.75 Å². The number of nitrogens with two attached hydrogens (primary N) is 1. The quantitative estimate of drug-likeness (QED) is 0.179. The van der Waals surface area contributed by atoms with Crippen LogP contribution in [0.1, 0.15) is 122 Å². The van der Waals surface area contributed by atoms with Gasteiger partial charge in [0.2, 0.25) is 0 Å². The second-order valence-corrected chi connectivity index (χ2v) is 9.36. The summed E-state index contributed by atoms with van der Waals surface area (Å²) in [5, 5.41) is 0. The van der Waals surface area contributed by atoms with Crippen LogP contribution in [0.4, 0.5) is 0 Å². The van der Waals surface area contributed by atoms with Crippen molar-refractivity contribution in [3.8, 4) is 0 Å². The molecule has 0 aromatic carbocycles. The highest BCUT2D eigenvalue weighted by atomic mass is 32.2. The summed E-state index contributed by atoms with van der Waals surface area (Å²) in [5.74, 6) is -0.0816. The number of unbranched alkanes of at least 4 members (excludes halogenated alkanes) is 18. The first-order valence-electron chi connectivity index (χ1n) is 11.2. The highest BCUT2D eigenvalue weighted by Gasteiger charge is 2.02. The molecule has 0 spiro atoms. The van der Waals surface area contributed by atoms with E-state index >= 15 is 0 Å². The molecule has 0 unspecified atom stereocenters. The van der Waals surface area contributed by atoms with E-state index < -0.39 is 10.1 Å². The lowest BCUT2D eigenvalue weighted by Gasteiger charge is -2.04. The predicted octanol–water partition coefficient (Wildman–Crippen LogP) is 6.24. The van der Waals surface area contributed by atoms with Gasteiger partial charge in [-0.1, -0.05) is 109 Å². The lowest BCUT2D eigenvalue weighted by atomic mass is 10.0. The molecular formula is C21H45NO3S. The fourth-order valence-corrected chi connectivity index (χ4v) is 4.00. The van der Waals surface area contributed by atoms with Gasteiger partial charge in [-0.3, -0.25) is 4.55 Å². The monoisotopic (exact) mass is 391 g/mol. The van der Waals surface area contributed by atoms with Crippen LogP contribution in [0.15, 0.2) is 0 Å². The van der Waals surface area contributed by atoms with E-state index in [2.05, 4.69) is 0 Å². The molecule has 158 valence electrons. The van der Waals surface area contributed by atoms with Crippen molar-refractivity contribution in [3.05, 3.63) is 0 Å². The Bertz CT molecular complexity index is 371. The summed E-state index contributed by atoms with van der Waals surface area (Å²) in [6.07, 6.45) is 24.1. The van der Waals surface area contributed by atoms with E-state index in [0.717, 1.165) is 19.4 Å². The zero-order chi connectivity index (χ0) is 19.3. The molecule has 0 aromatic rings. The number of hydrogen-bond acceptors (Lipinski definition) is 3. The van der Waals surface area contributed by atoms with Crippen molar-refractivity contribution in [2.75, 3.05) is 12.3 Å². The maximum Gasteiger partial charge on any atom is 0.264 e. The molecule has 0 aliphatic carbocycles. The van der Waals surface area contributed by atoms with Crippen molar-refractivity contribution < 1.29 is 13.0 Å². The summed E-state index contributed by atoms with van der Waals surface area (Å²) >= 11 is 0. The lowest BCUT2D eigenvalue weighted by Crippen LogP contribution is -2.03. The molecule has 0 aliphatic rings. The first kappa shape index (κ1) is 25.9. The summed E-state index contributed by atoms with van der Waals surface area (Å²) in [7, 11) is -3.75. The summed E-state index contributed by atoms with van der Waals surface area (Å²) < 4.78 is 29.8. The van der Waals surface area contributed by atoms with Crippen molar-refractivity contribution in [3.63, 3.8) is 0 Å². The summed E-state index contributed by atoms with van der Waals surface area (Å²) in [4.78, 5) is 0. The fourth-order valence-electron chi connectivity index (χ4n) is 3.43. The van der Waals surface area contributed by atoms with E-state index in [1.54, 1.807) is 0 Å². The van der Waals surface area contributed by atoms with Gasteiger partial charge in [-0.15, -0.1) is 0 Å². The predicted molar refractivity (Wildman–Crippen MR) is 113 cm³/mol. The second-order valence-electron chi connectivity index (χ2n) is 7.79. The van der Waals surface area contributed by atoms with E-state index in [0.29, 0.717) is 6.42 Å². The van der Waals surface area contributed by atoms with Crippen molar-refractivity contribution in [1.29, 1.82) is 0 Å². The molecular weight excluding hydrogens is 346 g/mol. The van der Waals surface area contributed by atoms with Gasteiger partial charge in [0, 0.05) is 0 Å². The first-order chi connectivity index (χ1) is 12.6. The Morgan fingerprint density at radius 3 is 0.923 bits per heavy atom. The van der Waals surface area contributed by atoms with Gasteiger partial charge in [-0.25, -0.2) is 0 Å². The molecule has 0 aromatic heterocycles. The molecule has 0 fully saturated rings. The fraction of sp³-hybridized carbons (Fsp3) is 1.00. The average Bonchev–Trinajstić information content (AvgIpc) is 2.59. The molecule has 0 rings (SSSR count). The third-order valence-electron chi connectivity index (χ3n) is 5.11. The van der Waals surface area contributed by atoms with E-state index in [1.165, 1.54) is 103 Å². The number of rotatable bonds is 21. The van der Waals surface area contributed by atoms with Gasteiger partial charge in [-0.05, 0) is 19.4 Å². The van der Waals surface area contributed by atoms with Gasteiger partial charge in [-0.2, -0.15) is 8.42 Å². The minimum absolute atomic E-state index is 0.0816. The normalized spacial score (nSPS) is 11.9. The minimum atomic E-state index is -3.75. The highest BCUT2D eigenvalue weighted by Crippen LogP contribution is 2.14. The van der Waals surface area contributed by atoms with Crippen LogP contribution < -0.4 is 5.73 Å². The summed E-state index contributed by atoms with van der Waals surface area (Å²) in [6, 6.07) is 0. The van der Waals surface area contributed by atoms with E-state index in [1.807, 2.05) is 0 Å². The zero-order valence-corrected chi connectivity index (χ0v) is 17.9. The molecule has 3 N–H and O–H groups in total. The Kier molecular flexibility index (Phi) is 19.5. The SMILES string of the molecule is NCCCCCCCCCCCCCCCCCCCCCS(=O)(=O)O. The Hall–Kier alpha value is -0.130. The molecule has 0 atom stereocenters. The maximum absolute atomic E-state index is 10.6. The van der Waals surface area contributed by atoms with Crippen LogP contribution in [0.3, 0.4) is 0 Å². The largest absolute Gasteiger partial charge is 0.330 e. The van der Waals surface area contributed by atoms with Crippen LogP contribution in [-0.2, 0) is 10.1 Å².